The van der Waals surface area contributed by atoms with Gasteiger partial charge in [-0.3, -0.25) is 0 Å². The lowest BCUT2D eigenvalue weighted by Crippen LogP contribution is -1.91. The minimum Gasteiger partial charge on any atom is -0.0885 e. The van der Waals surface area contributed by atoms with E-state index in [1.165, 1.54) is 89.9 Å². The van der Waals surface area contributed by atoms with Crippen LogP contribution in [0.4, 0.5) is 0 Å². The van der Waals surface area contributed by atoms with Crippen LogP contribution in [0.5, 0.6) is 0 Å². The summed E-state index contributed by atoms with van der Waals surface area (Å²) in [5, 5.41) is 0. The Bertz CT molecular complexity index is 192. The minimum atomic E-state index is 0.937. The van der Waals surface area contributed by atoms with Gasteiger partial charge in [-0.05, 0) is 31.6 Å². The molecule has 0 radical (unpaired) electrons. The SMILES string of the molecule is CCCCCCCC/C=C\CCCCCCC(C)CC. The number of unbranched alkanes of at least 4 members (excludes halogenated alkanes) is 10. The Labute approximate surface area is 129 Å². The van der Waals surface area contributed by atoms with Gasteiger partial charge in [0.15, 0.2) is 0 Å². The molecular formula is C20H40. The second-order valence-electron chi connectivity index (χ2n) is 6.53. The van der Waals surface area contributed by atoms with Gasteiger partial charge in [0.05, 0.1) is 0 Å². The van der Waals surface area contributed by atoms with Gasteiger partial charge in [0.25, 0.3) is 0 Å². The van der Waals surface area contributed by atoms with Crippen molar-refractivity contribution in [2.24, 2.45) is 5.92 Å². The van der Waals surface area contributed by atoms with Crippen molar-refractivity contribution in [3.05, 3.63) is 12.2 Å². The van der Waals surface area contributed by atoms with Crippen molar-refractivity contribution in [1.82, 2.24) is 0 Å². The van der Waals surface area contributed by atoms with E-state index in [0.29, 0.717) is 0 Å². The van der Waals surface area contributed by atoms with Gasteiger partial charge in [0.2, 0.25) is 0 Å². The molecule has 0 aliphatic heterocycles. The van der Waals surface area contributed by atoms with Crippen LogP contribution >= 0.6 is 0 Å². The zero-order valence-corrected chi connectivity index (χ0v) is 14.6. The Hall–Kier alpha value is -0.260. The maximum atomic E-state index is 2.42. The Kier molecular flexibility index (Phi) is 16.6. The Morgan fingerprint density at radius 3 is 1.70 bits per heavy atom. The van der Waals surface area contributed by atoms with Gasteiger partial charge >= 0.3 is 0 Å². The summed E-state index contributed by atoms with van der Waals surface area (Å²) in [6, 6.07) is 0. The molecule has 1 unspecified atom stereocenters. The fourth-order valence-corrected chi connectivity index (χ4v) is 2.59. The molecule has 1 atom stereocenters. The monoisotopic (exact) mass is 280 g/mol. The standard InChI is InChI=1S/C20H40/c1-4-6-7-8-9-10-11-12-13-14-15-16-17-18-19-20(3)5-2/h12-13,20H,4-11,14-19H2,1-3H3/b13-12-. The molecule has 0 aromatic carbocycles. The third-order valence-electron chi connectivity index (χ3n) is 4.41. The number of hydrogen-bond acceptors (Lipinski definition) is 0. The fourth-order valence-electron chi connectivity index (χ4n) is 2.59. The first-order valence-corrected chi connectivity index (χ1v) is 9.46. The Balaban J connectivity index is 3.09. The topological polar surface area (TPSA) is 0 Å². The van der Waals surface area contributed by atoms with Crippen LogP contribution in [0, 0.1) is 5.92 Å². The number of rotatable bonds is 15. The van der Waals surface area contributed by atoms with Crippen LogP contribution in [0.25, 0.3) is 0 Å². The van der Waals surface area contributed by atoms with Crippen molar-refractivity contribution >= 4 is 0 Å². The van der Waals surface area contributed by atoms with E-state index in [4.69, 9.17) is 0 Å². The lowest BCUT2D eigenvalue weighted by Gasteiger charge is -2.06. The van der Waals surface area contributed by atoms with E-state index in [9.17, 15) is 0 Å². The highest BCUT2D eigenvalue weighted by Gasteiger charge is 1.97. The lowest BCUT2D eigenvalue weighted by molar-refractivity contribution is 0.475. The maximum absolute atomic E-state index is 2.42. The average molecular weight is 281 g/mol. The molecule has 0 rings (SSSR count). The van der Waals surface area contributed by atoms with Crippen molar-refractivity contribution in [3.63, 3.8) is 0 Å². The molecule has 0 aliphatic carbocycles. The van der Waals surface area contributed by atoms with Gasteiger partial charge in [-0.15, -0.1) is 0 Å². The average Bonchev–Trinajstić information content (AvgIpc) is 2.47. The number of hydrogen-bond donors (Lipinski definition) is 0. The first-order valence-electron chi connectivity index (χ1n) is 9.46. The quantitative estimate of drug-likeness (QED) is 0.213. The van der Waals surface area contributed by atoms with Gasteiger partial charge in [-0.25, -0.2) is 0 Å². The van der Waals surface area contributed by atoms with Crippen molar-refractivity contribution in [3.8, 4) is 0 Å². The summed E-state index contributed by atoms with van der Waals surface area (Å²) >= 11 is 0. The molecule has 0 saturated carbocycles. The predicted octanol–water partition coefficient (Wildman–Crippen LogP) is 7.68. The first kappa shape index (κ1) is 19.7. The van der Waals surface area contributed by atoms with E-state index in [0.717, 1.165) is 5.92 Å². The zero-order chi connectivity index (χ0) is 14.9. The summed E-state index contributed by atoms with van der Waals surface area (Å²) in [7, 11) is 0. The number of allylic oxidation sites excluding steroid dienone is 2. The summed E-state index contributed by atoms with van der Waals surface area (Å²) in [6.07, 6.45) is 24.4. The fraction of sp³-hybridized carbons (Fsp3) is 0.900. The van der Waals surface area contributed by atoms with E-state index in [-0.39, 0.29) is 0 Å². The van der Waals surface area contributed by atoms with E-state index in [1.807, 2.05) is 0 Å². The van der Waals surface area contributed by atoms with E-state index < -0.39 is 0 Å². The minimum absolute atomic E-state index is 0.937. The van der Waals surface area contributed by atoms with Crippen LogP contribution in [-0.2, 0) is 0 Å². The normalized spacial score (nSPS) is 13.2. The highest BCUT2D eigenvalue weighted by Crippen LogP contribution is 2.14. The molecular weight excluding hydrogens is 240 g/mol. The second kappa shape index (κ2) is 16.8. The van der Waals surface area contributed by atoms with Crippen molar-refractivity contribution in [2.75, 3.05) is 0 Å². The van der Waals surface area contributed by atoms with Crippen LogP contribution in [0.2, 0.25) is 0 Å². The van der Waals surface area contributed by atoms with Crippen LogP contribution in [0.15, 0.2) is 12.2 Å². The van der Waals surface area contributed by atoms with E-state index in [2.05, 4.69) is 32.9 Å². The lowest BCUT2D eigenvalue weighted by atomic mass is 10.00. The molecule has 0 fully saturated rings. The molecule has 0 saturated heterocycles. The molecule has 0 aromatic heterocycles. The molecule has 0 heteroatoms. The predicted molar refractivity (Wildman–Crippen MR) is 94.3 cm³/mol. The van der Waals surface area contributed by atoms with Gasteiger partial charge in [-0.1, -0.05) is 97.1 Å². The highest BCUT2D eigenvalue weighted by molar-refractivity contribution is 4.81. The van der Waals surface area contributed by atoms with Crippen LogP contribution in [0.3, 0.4) is 0 Å². The van der Waals surface area contributed by atoms with Crippen molar-refractivity contribution in [1.29, 1.82) is 0 Å². The summed E-state index contributed by atoms with van der Waals surface area (Å²) in [5.74, 6) is 0.937. The molecule has 0 aliphatic rings. The molecule has 0 spiro atoms. The van der Waals surface area contributed by atoms with Crippen molar-refractivity contribution in [2.45, 2.75) is 111 Å². The van der Waals surface area contributed by atoms with Crippen LogP contribution < -0.4 is 0 Å². The molecule has 120 valence electrons. The summed E-state index contributed by atoms with van der Waals surface area (Å²) < 4.78 is 0. The Morgan fingerprint density at radius 2 is 1.15 bits per heavy atom. The molecule has 0 heterocycles. The van der Waals surface area contributed by atoms with Crippen LogP contribution in [-0.4, -0.2) is 0 Å². The zero-order valence-electron chi connectivity index (χ0n) is 14.6. The summed E-state index contributed by atoms with van der Waals surface area (Å²) in [4.78, 5) is 0. The molecule has 0 nitrogen and oxygen atoms in total. The second-order valence-corrected chi connectivity index (χ2v) is 6.53. The van der Waals surface area contributed by atoms with Gasteiger partial charge < -0.3 is 0 Å². The highest BCUT2D eigenvalue weighted by atomic mass is 14.0. The van der Waals surface area contributed by atoms with E-state index in [1.54, 1.807) is 0 Å². The van der Waals surface area contributed by atoms with Gasteiger partial charge in [0.1, 0.15) is 0 Å². The molecule has 20 heavy (non-hydrogen) atoms. The smallest absolute Gasteiger partial charge is 0.0351 e. The Morgan fingerprint density at radius 1 is 0.650 bits per heavy atom. The third kappa shape index (κ3) is 15.8. The first-order chi connectivity index (χ1) is 9.81. The van der Waals surface area contributed by atoms with E-state index >= 15 is 0 Å². The molecule has 0 bridgehead atoms. The van der Waals surface area contributed by atoms with Gasteiger partial charge in [-0.2, -0.15) is 0 Å². The summed E-state index contributed by atoms with van der Waals surface area (Å²) in [6.45, 7) is 6.97. The van der Waals surface area contributed by atoms with Crippen molar-refractivity contribution < 1.29 is 0 Å². The van der Waals surface area contributed by atoms with Crippen LogP contribution in [0.1, 0.15) is 111 Å². The van der Waals surface area contributed by atoms with Gasteiger partial charge in [0, 0.05) is 0 Å². The maximum Gasteiger partial charge on any atom is -0.0351 e. The molecule has 0 N–H and O–H groups in total. The molecule has 0 amide bonds. The third-order valence-corrected chi connectivity index (χ3v) is 4.41. The molecule has 0 aromatic rings. The largest absolute Gasteiger partial charge is 0.0885 e. The summed E-state index contributed by atoms with van der Waals surface area (Å²) in [5.41, 5.74) is 0.